The quantitative estimate of drug-likeness (QED) is 0.0304. The Labute approximate surface area is 668 Å². The molecule has 20 nitrogen and oxygen atoms in total. The van der Waals surface area contributed by atoms with Gasteiger partial charge in [-0.15, -0.1) is 0 Å². The minimum absolute atomic E-state index is 0.0911. The summed E-state index contributed by atoms with van der Waals surface area (Å²) in [5, 5.41) is 27.9. The summed E-state index contributed by atoms with van der Waals surface area (Å²) in [4.78, 5) is 92.9. The molecule has 0 saturated heterocycles. The van der Waals surface area contributed by atoms with E-state index in [4.69, 9.17) is 21.1 Å². The van der Waals surface area contributed by atoms with Gasteiger partial charge in [0, 0.05) is 106 Å². The number of allylic oxidation sites excluding steroid dienone is 4. The van der Waals surface area contributed by atoms with Gasteiger partial charge in [0.25, 0.3) is 39.6 Å². The van der Waals surface area contributed by atoms with Crippen molar-refractivity contribution in [3.8, 4) is 22.4 Å². The molecule has 13 rings (SSSR count). The molecule has 1 spiro atoms. The second-order valence-electron chi connectivity index (χ2n) is 29.9. The van der Waals surface area contributed by atoms with Crippen molar-refractivity contribution in [2.45, 2.75) is 124 Å². The van der Waals surface area contributed by atoms with Crippen LogP contribution in [0.4, 0.5) is 28.4 Å². The Kier molecular flexibility index (Phi) is 28.5. The van der Waals surface area contributed by atoms with E-state index in [0.717, 1.165) is 85.7 Å². The van der Waals surface area contributed by atoms with Crippen LogP contribution in [0.5, 0.6) is 0 Å². The summed E-state index contributed by atoms with van der Waals surface area (Å²) in [5.41, 5.74) is 13.3. The van der Waals surface area contributed by atoms with Crippen LogP contribution in [0.15, 0.2) is 217 Å². The molecule has 1 aromatic heterocycles. The lowest BCUT2D eigenvalue weighted by Crippen LogP contribution is -2.45. The van der Waals surface area contributed by atoms with Crippen LogP contribution in [-0.2, 0) is 40.9 Å². The second-order valence-corrected chi connectivity index (χ2v) is 32.0. The fourth-order valence-corrected chi connectivity index (χ4v) is 15.7. The van der Waals surface area contributed by atoms with E-state index in [-0.39, 0.29) is 41.2 Å². The standard InChI is InChI=1S/C32H26N4O2.C27H35NO6S.C26H25ClN2O3.C6H15NO/c1-21-33-28-19-20-36(29-14-8-7-13-27(29)30(28)34-21)32(38)23-15-17-24(18-16-23)35-31(37)26-12-6-5-11-25(26)22-9-3-2-4-10-22;1-19-8-9-23-22(17-19)27(13-10-21(29)11-14-27)25(31)28(23)35(32,33)16-6-7-20(12-15-34-5)24(30)18-26(2,3)4;1-16-6-3-4-7-20(16)25(31)28-19-10-11-21(17(2)14-19)26(32)29-13-5-8-24(30)22-15-18(27)9-12-23(22)29;1-4-7(2)5-6-8-3/h2-18H,19-20H2,1H3,(H,33,34)(H,35,37);6-9,12,15-17,21,29H,10-11,13-14,18H2,1-5H3;3-4,6-7,9-12,14-15,24,30H,5,8,13H2,1-2H3,(H,28,31);4-6H2,1-3H3/b;15-12+,16-6+,20-7+;;. The summed E-state index contributed by atoms with van der Waals surface area (Å²) in [6, 6.07) is 55.6. The van der Waals surface area contributed by atoms with Crippen molar-refractivity contribution < 1.29 is 56.9 Å². The predicted molar refractivity (Wildman–Crippen MR) is 449 cm³/mol. The third kappa shape index (κ3) is 20.9. The highest BCUT2D eigenvalue weighted by Crippen LogP contribution is 2.52. The highest BCUT2D eigenvalue weighted by Gasteiger charge is 2.55. The highest BCUT2D eigenvalue weighted by molar-refractivity contribution is 7.96. The number of Topliss-reactive ketones (excluding diaryl/α,β-unsaturated/α-hetero) is 1. The Morgan fingerprint density at radius 3 is 2.02 bits per heavy atom. The van der Waals surface area contributed by atoms with Crippen LogP contribution in [0.2, 0.25) is 5.02 Å². The molecule has 0 radical (unpaired) electrons. The number of halogens is 1. The average Bonchev–Trinajstić information content (AvgIpc) is 1.56. The van der Waals surface area contributed by atoms with Gasteiger partial charge in [0.2, 0.25) is 0 Å². The molecule has 1 unspecified atom stereocenters. The number of carbonyl (C=O) groups is 6. The topological polar surface area (TPSA) is 261 Å². The fourth-order valence-electron chi connectivity index (χ4n) is 14.3. The van der Waals surface area contributed by atoms with Crippen LogP contribution in [0.3, 0.4) is 0 Å². The number of nitrogens with one attached hydrogen (secondary N) is 3. The molecule has 8 aromatic carbocycles. The Hall–Kier alpha value is -10.9. The molecule has 1 saturated carbocycles. The summed E-state index contributed by atoms with van der Waals surface area (Å²) in [6.45, 7) is 19.6. The third-order valence-electron chi connectivity index (χ3n) is 20.4. The van der Waals surface area contributed by atoms with Crippen molar-refractivity contribution in [1.29, 1.82) is 0 Å². The summed E-state index contributed by atoms with van der Waals surface area (Å²) < 4.78 is 37.5. The Bertz CT molecular complexity index is 5140. The van der Waals surface area contributed by atoms with E-state index in [1.165, 1.54) is 31.6 Å². The van der Waals surface area contributed by atoms with Crippen LogP contribution in [-0.4, -0.2) is 129 Å². The number of H-pyrrole nitrogens is 1. The first-order valence-corrected chi connectivity index (χ1v) is 39.9. The number of ketones is 1. The van der Waals surface area contributed by atoms with Crippen LogP contribution in [0, 0.1) is 33.1 Å². The average molecular weight is 1570 g/mol. The Morgan fingerprint density at radius 2 is 1.34 bits per heavy atom. The number of amides is 5. The van der Waals surface area contributed by atoms with E-state index >= 15 is 0 Å². The van der Waals surface area contributed by atoms with E-state index in [9.17, 15) is 47.4 Å². The fraction of sp³-hybridized carbons (Fsp3) is 0.308. The normalized spacial score (nSPS) is 16.6. The smallest absolute Gasteiger partial charge is 0.264 e. The van der Waals surface area contributed by atoms with E-state index in [1.807, 2.05) is 156 Å². The molecule has 0 bridgehead atoms. The summed E-state index contributed by atoms with van der Waals surface area (Å²) >= 11 is 6.13. The number of aromatic nitrogens is 2. The third-order valence-corrected chi connectivity index (χ3v) is 22.0. The SMILES string of the molecule is CCN(C)CCOC.CO/C=C/C(=C\C=C\S(=O)(=O)N1C(=O)C2(CCC(O)CC2)c2cc(C)ccc21)C(=O)CC(C)(C)C.Cc1ccccc1C(=O)Nc1ccc(C(=O)N2CCCC(O)c3cc(Cl)ccc32)c(C)c1.Cc1nc2c([nH]1)CCN(C(=O)c1ccc(NC(=O)c3ccccc3-c3ccccc3)cc1)c1ccccc1-2. The number of para-hydroxylation sites is 1. The van der Waals surface area contributed by atoms with Crippen LogP contribution in [0.25, 0.3) is 22.4 Å². The molecular weight excluding hydrogens is 1460 g/mol. The zero-order valence-electron chi connectivity index (χ0n) is 66.1. The first-order valence-electron chi connectivity index (χ1n) is 38.0. The molecule has 9 aromatic rings. The van der Waals surface area contributed by atoms with Crippen molar-refractivity contribution in [3.63, 3.8) is 0 Å². The minimum Gasteiger partial charge on any atom is -0.504 e. The van der Waals surface area contributed by atoms with E-state index in [2.05, 4.69) is 39.5 Å². The summed E-state index contributed by atoms with van der Waals surface area (Å²) in [6.07, 6.45) is 8.31. The van der Waals surface area contributed by atoms with Crippen molar-refractivity contribution >= 4 is 85.4 Å². The number of hydrogen-bond acceptors (Lipinski definition) is 14. The number of fused-ring (bicyclic) bond motifs is 6. The number of aliphatic hydroxyl groups is 2. The largest absolute Gasteiger partial charge is 0.504 e. The number of carbonyl (C=O) groups excluding carboxylic acids is 6. The molecule has 1 aliphatic carbocycles. The number of nitrogens with zero attached hydrogens (tertiary/aromatic N) is 5. The lowest BCUT2D eigenvalue weighted by Gasteiger charge is -2.34. The second kappa shape index (κ2) is 38.1. The lowest BCUT2D eigenvalue weighted by atomic mass is 9.69. The number of ether oxygens (including phenoxy) is 2. The van der Waals surface area contributed by atoms with Crippen molar-refractivity contribution in [2.75, 3.05) is 78.8 Å². The maximum absolute atomic E-state index is 13.6. The number of likely N-dealkylation sites (N-methyl/N-ethyl adjacent to an activating group) is 1. The molecule has 4 aliphatic rings. The number of methoxy groups -OCH3 is 2. The first kappa shape index (κ1) is 84.5. The molecule has 4 heterocycles. The van der Waals surface area contributed by atoms with Gasteiger partial charge < -0.3 is 50.0 Å². The molecular formula is C91H101ClN8O12S. The number of hydrogen-bond donors (Lipinski definition) is 5. The molecule has 1 fully saturated rings. The summed E-state index contributed by atoms with van der Waals surface area (Å²) in [7, 11) is 1.10. The molecule has 22 heteroatoms. The Morgan fingerprint density at radius 1 is 0.699 bits per heavy atom. The monoisotopic (exact) mass is 1560 g/mol. The van der Waals surface area contributed by atoms with Gasteiger partial charge in [0.1, 0.15) is 5.82 Å². The molecule has 113 heavy (non-hydrogen) atoms. The van der Waals surface area contributed by atoms with Crippen molar-refractivity contribution in [3.05, 3.63) is 284 Å². The predicted octanol–water partition coefficient (Wildman–Crippen LogP) is 17.2. The molecule has 5 amide bonds. The molecule has 3 aliphatic heterocycles. The van der Waals surface area contributed by atoms with Gasteiger partial charge in [-0.3, -0.25) is 28.8 Å². The van der Waals surface area contributed by atoms with Gasteiger partial charge in [-0.1, -0.05) is 148 Å². The molecule has 1 atom stereocenters. The first-order chi connectivity index (χ1) is 54.0. The minimum atomic E-state index is -4.17. The molecule has 5 N–H and O–H groups in total. The Balaban J connectivity index is 0.000000172. The van der Waals surface area contributed by atoms with Gasteiger partial charge in [0.15, 0.2) is 5.78 Å². The van der Waals surface area contributed by atoms with Crippen LogP contribution < -0.4 is 24.7 Å². The zero-order chi connectivity index (χ0) is 81.3. The number of anilines is 5. The number of aryl methyl sites for hydroxylation is 4. The van der Waals surface area contributed by atoms with Gasteiger partial charge in [0.05, 0.1) is 60.1 Å². The zero-order valence-corrected chi connectivity index (χ0v) is 67.6. The summed E-state index contributed by atoms with van der Waals surface area (Å²) in [5.74, 6) is -0.382. The van der Waals surface area contributed by atoms with Crippen molar-refractivity contribution in [1.82, 2.24) is 14.9 Å². The highest BCUT2D eigenvalue weighted by atomic mass is 35.5. The maximum Gasteiger partial charge on any atom is 0.264 e. The van der Waals surface area contributed by atoms with Gasteiger partial charge in [-0.25, -0.2) is 17.7 Å². The molecule has 590 valence electrons. The van der Waals surface area contributed by atoms with E-state index < -0.39 is 33.6 Å². The number of benzene rings is 8. The van der Waals surface area contributed by atoms with E-state index in [0.29, 0.717) is 125 Å². The van der Waals surface area contributed by atoms with E-state index in [1.54, 1.807) is 90.9 Å². The maximum atomic E-state index is 13.6. The van der Waals surface area contributed by atoms with Crippen LogP contribution in [0.1, 0.15) is 160 Å². The lowest BCUT2D eigenvalue weighted by molar-refractivity contribution is -0.124. The number of aliphatic hydroxyl groups excluding tert-OH is 2. The number of imidazole rings is 1. The number of aromatic amines is 1. The van der Waals surface area contributed by atoms with Crippen molar-refractivity contribution in [2.24, 2.45) is 5.41 Å². The number of rotatable bonds is 18. The van der Waals surface area contributed by atoms with Gasteiger partial charge >= 0.3 is 0 Å². The van der Waals surface area contributed by atoms with Gasteiger partial charge in [-0.2, -0.15) is 0 Å². The number of sulfonamides is 1. The van der Waals surface area contributed by atoms with Crippen LogP contribution >= 0.6 is 11.6 Å². The van der Waals surface area contributed by atoms with Gasteiger partial charge in [-0.05, 0) is 210 Å².